The molecule has 1 aliphatic rings. The first-order valence-electron chi connectivity index (χ1n) is 6.75. The van der Waals surface area contributed by atoms with Crippen LogP contribution in [0.15, 0.2) is 35.2 Å². The normalized spacial score (nSPS) is 14.0. The minimum atomic E-state index is -3.61. The smallest absolute Gasteiger partial charge is 0.263 e. The number of anilines is 1. The lowest BCUT2D eigenvalue weighted by atomic mass is 10.1. The van der Waals surface area contributed by atoms with Crippen LogP contribution in [0.2, 0.25) is 0 Å². The highest BCUT2D eigenvalue weighted by atomic mass is 32.2. The fourth-order valence-electron chi connectivity index (χ4n) is 2.53. The zero-order chi connectivity index (χ0) is 15.0. The van der Waals surface area contributed by atoms with Gasteiger partial charge in [-0.15, -0.1) is 0 Å². The SMILES string of the molecule is Cc1cc(C)nc(NS(=O)(=O)c2ccc3c(c2)CNC3)c1. The first-order valence-corrected chi connectivity index (χ1v) is 8.23. The van der Waals surface area contributed by atoms with Crippen LogP contribution in [0, 0.1) is 13.8 Å². The lowest BCUT2D eigenvalue weighted by Crippen LogP contribution is -2.14. The zero-order valence-corrected chi connectivity index (χ0v) is 12.8. The molecule has 3 rings (SSSR count). The predicted molar refractivity (Wildman–Crippen MR) is 81.5 cm³/mol. The first kappa shape index (κ1) is 14.0. The lowest BCUT2D eigenvalue weighted by molar-refractivity contribution is 0.601. The molecule has 2 aromatic rings. The van der Waals surface area contributed by atoms with Crippen molar-refractivity contribution in [3.63, 3.8) is 0 Å². The van der Waals surface area contributed by atoms with Gasteiger partial charge in [-0.1, -0.05) is 6.07 Å². The Bertz CT molecular complexity index is 780. The Balaban J connectivity index is 1.93. The van der Waals surface area contributed by atoms with Crippen LogP contribution in [-0.4, -0.2) is 13.4 Å². The summed E-state index contributed by atoms with van der Waals surface area (Å²) in [4.78, 5) is 4.48. The van der Waals surface area contributed by atoms with Crippen molar-refractivity contribution in [3.8, 4) is 0 Å². The largest absolute Gasteiger partial charge is 0.309 e. The summed E-state index contributed by atoms with van der Waals surface area (Å²) in [6, 6.07) is 8.84. The molecule has 1 aromatic heterocycles. The second-order valence-electron chi connectivity index (χ2n) is 5.31. The van der Waals surface area contributed by atoms with Gasteiger partial charge in [0.05, 0.1) is 4.90 Å². The van der Waals surface area contributed by atoms with E-state index in [0.29, 0.717) is 12.4 Å². The summed E-state index contributed by atoms with van der Waals surface area (Å²) in [7, 11) is -3.61. The van der Waals surface area contributed by atoms with E-state index < -0.39 is 10.0 Å². The third-order valence-corrected chi connectivity index (χ3v) is 4.81. The number of hydrogen-bond acceptors (Lipinski definition) is 4. The Labute approximate surface area is 124 Å². The maximum absolute atomic E-state index is 12.5. The van der Waals surface area contributed by atoms with Crippen LogP contribution >= 0.6 is 0 Å². The number of aryl methyl sites for hydroxylation is 2. The second kappa shape index (κ2) is 5.13. The zero-order valence-electron chi connectivity index (χ0n) is 12.0. The summed E-state index contributed by atoms with van der Waals surface area (Å²) in [5.74, 6) is 0.353. The van der Waals surface area contributed by atoms with E-state index in [1.165, 1.54) is 0 Å². The maximum atomic E-state index is 12.5. The van der Waals surface area contributed by atoms with Crippen molar-refractivity contribution < 1.29 is 8.42 Å². The molecular formula is C15H17N3O2S. The van der Waals surface area contributed by atoms with Crippen molar-refractivity contribution >= 4 is 15.8 Å². The van der Waals surface area contributed by atoms with Crippen LogP contribution < -0.4 is 10.0 Å². The number of aromatic nitrogens is 1. The lowest BCUT2D eigenvalue weighted by Gasteiger charge is -2.10. The highest BCUT2D eigenvalue weighted by molar-refractivity contribution is 7.92. The summed E-state index contributed by atoms with van der Waals surface area (Å²) in [6.45, 7) is 5.25. The van der Waals surface area contributed by atoms with Crippen molar-refractivity contribution in [2.45, 2.75) is 31.8 Å². The number of fused-ring (bicyclic) bond motifs is 1. The monoisotopic (exact) mass is 303 g/mol. The first-order chi connectivity index (χ1) is 9.94. The van der Waals surface area contributed by atoms with Crippen LogP contribution in [0.4, 0.5) is 5.82 Å². The number of nitrogens with zero attached hydrogens (tertiary/aromatic N) is 1. The average molecular weight is 303 g/mol. The van der Waals surface area contributed by atoms with Crippen molar-refractivity contribution in [2.75, 3.05) is 4.72 Å². The maximum Gasteiger partial charge on any atom is 0.263 e. The second-order valence-corrected chi connectivity index (χ2v) is 6.99. The van der Waals surface area contributed by atoms with Gasteiger partial charge in [0, 0.05) is 18.8 Å². The van der Waals surface area contributed by atoms with E-state index in [9.17, 15) is 8.42 Å². The van der Waals surface area contributed by atoms with Crippen molar-refractivity contribution in [1.82, 2.24) is 10.3 Å². The van der Waals surface area contributed by atoms with Crippen molar-refractivity contribution in [3.05, 3.63) is 52.7 Å². The number of benzene rings is 1. The molecule has 1 aliphatic heterocycles. The summed E-state index contributed by atoms with van der Waals surface area (Å²) < 4.78 is 27.5. The van der Waals surface area contributed by atoms with E-state index in [0.717, 1.165) is 28.9 Å². The molecular weight excluding hydrogens is 286 g/mol. The molecule has 0 bridgehead atoms. The molecule has 2 N–H and O–H groups in total. The van der Waals surface area contributed by atoms with Crippen molar-refractivity contribution in [2.24, 2.45) is 0 Å². The van der Waals surface area contributed by atoms with E-state index in [4.69, 9.17) is 0 Å². The van der Waals surface area contributed by atoms with E-state index in [1.807, 2.05) is 26.0 Å². The quantitative estimate of drug-likeness (QED) is 0.911. The molecule has 0 fully saturated rings. The Morgan fingerprint density at radius 2 is 1.86 bits per heavy atom. The van der Waals surface area contributed by atoms with Gasteiger partial charge in [0.25, 0.3) is 10.0 Å². The van der Waals surface area contributed by atoms with E-state index in [-0.39, 0.29) is 4.90 Å². The van der Waals surface area contributed by atoms with Crippen LogP contribution in [0.3, 0.4) is 0 Å². The molecule has 0 atom stereocenters. The van der Waals surface area contributed by atoms with Gasteiger partial charge in [0.2, 0.25) is 0 Å². The Morgan fingerprint density at radius 3 is 2.62 bits per heavy atom. The molecule has 0 amide bonds. The number of pyridine rings is 1. The van der Waals surface area contributed by atoms with E-state index in [2.05, 4.69) is 15.0 Å². The molecule has 0 saturated heterocycles. The summed E-state index contributed by atoms with van der Waals surface area (Å²) in [5.41, 5.74) is 3.94. The van der Waals surface area contributed by atoms with Gasteiger partial charge < -0.3 is 5.32 Å². The number of nitrogens with one attached hydrogen (secondary N) is 2. The fourth-order valence-corrected chi connectivity index (χ4v) is 3.57. The molecule has 6 heteroatoms. The van der Waals surface area contributed by atoms with Crippen LogP contribution in [-0.2, 0) is 23.1 Å². The topological polar surface area (TPSA) is 71.1 Å². The van der Waals surface area contributed by atoms with Gasteiger partial charge in [0.1, 0.15) is 5.82 Å². The summed E-state index contributed by atoms with van der Waals surface area (Å²) >= 11 is 0. The molecule has 21 heavy (non-hydrogen) atoms. The Morgan fingerprint density at radius 1 is 1.10 bits per heavy atom. The molecule has 5 nitrogen and oxygen atoms in total. The highest BCUT2D eigenvalue weighted by Gasteiger charge is 2.18. The number of rotatable bonds is 3. The third kappa shape index (κ3) is 2.91. The van der Waals surface area contributed by atoms with Gasteiger partial charge in [-0.2, -0.15) is 0 Å². The van der Waals surface area contributed by atoms with Crippen LogP contribution in [0.5, 0.6) is 0 Å². The van der Waals surface area contributed by atoms with Gasteiger partial charge in [-0.25, -0.2) is 13.4 Å². The highest BCUT2D eigenvalue weighted by Crippen LogP contribution is 2.22. The van der Waals surface area contributed by atoms with Gasteiger partial charge in [-0.05, 0) is 54.8 Å². The third-order valence-electron chi connectivity index (χ3n) is 3.46. The molecule has 110 valence electrons. The summed E-state index contributed by atoms with van der Waals surface area (Å²) in [6.07, 6.45) is 0. The summed E-state index contributed by atoms with van der Waals surface area (Å²) in [5, 5.41) is 3.20. The number of hydrogen-bond donors (Lipinski definition) is 2. The van der Waals surface area contributed by atoms with Gasteiger partial charge in [-0.3, -0.25) is 4.72 Å². The van der Waals surface area contributed by atoms with E-state index >= 15 is 0 Å². The van der Waals surface area contributed by atoms with E-state index in [1.54, 1.807) is 18.2 Å². The Kier molecular flexibility index (Phi) is 3.43. The minimum absolute atomic E-state index is 0.269. The Hall–Kier alpha value is -1.92. The molecule has 0 spiro atoms. The standard InChI is InChI=1S/C15H17N3O2S/c1-10-5-11(2)17-15(6-10)18-21(19,20)14-4-3-12-8-16-9-13(12)7-14/h3-7,16H,8-9H2,1-2H3,(H,17,18). The fraction of sp³-hybridized carbons (Fsp3) is 0.267. The predicted octanol–water partition coefficient (Wildman–Crippen LogP) is 2.10. The molecule has 1 aromatic carbocycles. The molecule has 0 radical (unpaired) electrons. The number of sulfonamides is 1. The van der Waals surface area contributed by atoms with Crippen LogP contribution in [0.25, 0.3) is 0 Å². The minimum Gasteiger partial charge on any atom is -0.309 e. The molecule has 0 saturated carbocycles. The van der Waals surface area contributed by atoms with Crippen LogP contribution in [0.1, 0.15) is 22.4 Å². The average Bonchev–Trinajstić information content (AvgIpc) is 2.83. The molecule has 2 heterocycles. The van der Waals surface area contributed by atoms with Crippen molar-refractivity contribution in [1.29, 1.82) is 0 Å². The molecule has 0 aliphatic carbocycles. The van der Waals surface area contributed by atoms with Gasteiger partial charge >= 0.3 is 0 Å². The molecule has 0 unspecified atom stereocenters. The van der Waals surface area contributed by atoms with Gasteiger partial charge in [0.15, 0.2) is 0 Å².